The van der Waals surface area contributed by atoms with Crippen LogP contribution in [-0.4, -0.2) is 49.1 Å². The number of hydrogen-bond donors (Lipinski definition) is 0. The van der Waals surface area contributed by atoms with Gasteiger partial charge in [-0.2, -0.15) is 8.78 Å². The molecule has 0 unspecified atom stereocenters. The smallest absolute Gasteiger partial charge is 0.387 e. The van der Waals surface area contributed by atoms with Gasteiger partial charge in [0.1, 0.15) is 4.32 Å². The molecule has 0 spiro atoms. The first-order valence-electron chi connectivity index (χ1n) is 6.84. The van der Waals surface area contributed by atoms with Crippen LogP contribution in [0.25, 0.3) is 6.08 Å². The van der Waals surface area contributed by atoms with E-state index >= 15 is 0 Å². The average Bonchev–Trinajstić information content (AvgIpc) is 2.80. The van der Waals surface area contributed by atoms with Gasteiger partial charge in [-0.15, -0.1) is 0 Å². The molecule has 1 aliphatic heterocycles. The van der Waals surface area contributed by atoms with E-state index in [1.54, 1.807) is 12.1 Å². The molecule has 0 N–H and O–H groups in total. The summed E-state index contributed by atoms with van der Waals surface area (Å²) in [5, 5.41) is 0. The number of para-hydroxylation sites is 1. The summed E-state index contributed by atoms with van der Waals surface area (Å²) in [6.45, 7) is -2.33. The highest BCUT2D eigenvalue weighted by Gasteiger charge is 2.32. The molecule has 1 aliphatic rings. The van der Waals surface area contributed by atoms with Gasteiger partial charge in [-0.1, -0.05) is 36.1 Å². The molecule has 0 radical (unpaired) electrons. The number of amides is 1. The third-order valence-electron chi connectivity index (χ3n) is 3.12. The number of halogens is 2. The van der Waals surface area contributed by atoms with E-state index in [0.29, 0.717) is 27.9 Å². The third-order valence-corrected chi connectivity index (χ3v) is 4.49. The lowest BCUT2D eigenvalue weighted by Crippen LogP contribution is -2.31. The fourth-order valence-electron chi connectivity index (χ4n) is 2.04. The predicted molar refractivity (Wildman–Crippen MR) is 91.4 cm³/mol. The van der Waals surface area contributed by atoms with E-state index in [4.69, 9.17) is 21.7 Å². The summed E-state index contributed by atoms with van der Waals surface area (Å²) in [4.78, 5) is 14.1. The maximum atomic E-state index is 12.7. The summed E-state index contributed by atoms with van der Waals surface area (Å²) >= 11 is 6.27. The molecule has 0 bridgehead atoms. The van der Waals surface area contributed by atoms with Crippen LogP contribution in [0, 0.1) is 0 Å². The van der Waals surface area contributed by atoms with Gasteiger partial charge in [0.15, 0.2) is 11.5 Å². The molecule has 130 valence electrons. The van der Waals surface area contributed by atoms with Gasteiger partial charge in [-0.3, -0.25) is 9.69 Å². The molecule has 0 atom stereocenters. The van der Waals surface area contributed by atoms with E-state index in [2.05, 4.69) is 4.74 Å². The Morgan fingerprint density at radius 1 is 1.38 bits per heavy atom. The summed E-state index contributed by atoms with van der Waals surface area (Å²) in [5.41, 5.74) is 0.307. The second kappa shape index (κ2) is 8.41. The molecule has 0 aromatic heterocycles. The van der Waals surface area contributed by atoms with Crippen LogP contribution in [0.4, 0.5) is 8.78 Å². The SMILES string of the molecule is COCCN1C(=O)C(=Cc2cccc(OC)c2OC(F)F)SC1=S. The molecule has 1 fully saturated rings. The van der Waals surface area contributed by atoms with E-state index < -0.39 is 6.61 Å². The van der Waals surface area contributed by atoms with Gasteiger partial charge < -0.3 is 14.2 Å². The summed E-state index contributed by atoms with van der Waals surface area (Å²) in [5.74, 6) is -0.274. The minimum atomic E-state index is -3.01. The Bertz CT molecular complexity index is 667. The van der Waals surface area contributed by atoms with Crippen molar-refractivity contribution in [3.05, 3.63) is 28.7 Å². The van der Waals surface area contributed by atoms with Gasteiger partial charge in [-0.25, -0.2) is 0 Å². The molecule has 24 heavy (non-hydrogen) atoms. The number of methoxy groups -OCH3 is 2. The van der Waals surface area contributed by atoms with Crippen molar-refractivity contribution in [3.8, 4) is 11.5 Å². The highest BCUT2D eigenvalue weighted by atomic mass is 32.2. The van der Waals surface area contributed by atoms with Crippen molar-refractivity contribution in [1.29, 1.82) is 0 Å². The number of thioether (sulfide) groups is 1. The number of rotatable bonds is 7. The summed E-state index contributed by atoms with van der Waals surface area (Å²) in [6, 6.07) is 4.68. The number of benzene rings is 1. The van der Waals surface area contributed by atoms with E-state index in [-0.39, 0.29) is 17.4 Å². The van der Waals surface area contributed by atoms with Crippen LogP contribution in [0.15, 0.2) is 23.1 Å². The van der Waals surface area contributed by atoms with Gasteiger partial charge in [0.25, 0.3) is 5.91 Å². The van der Waals surface area contributed by atoms with Crippen molar-refractivity contribution in [2.75, 3.05) is 27.4 Å². The first-order chi connectivity index (χ1) is 11.5. The molecule has 9 heteroatoms. The second-order valence-electron chi connectivity index (χ2n) is 4.58. The molecule has 1 saturated heterocycles. The Morgan fingerprint density at radius 3 is 2.75 bits per heavy atom. The molecule has 0 aliphatic carbocycles. The van der Waals surface area contributed by atoms with Crippen LogP contribution >= 0.6 is 24.0 Å². The molecular weight excluding hydrogens is 360 g/mol. The molecule has 1 aromatic rings. The Morgan fingerprint density at radius 2 is 2.12 bits per heavy atom. The Hall–Kier alpha value is -1.71. The Balaban J connectivity index is 2.34. The zero-order valence-electron chi connectivity index (χ0n) is 13.0. The molecule has 1 aromatic carbocycles. The van der Waals surface area contributed by atoms with E-state index in [1.165, 1.54) is 31.3 Å². The van der Waals surface area contributed by atoms with Crippen LogP contribution < -0.4 is 9.47 Å². The fourth-order valence-corrected chi connectivity index (χ4v) is 3.34. The lowest BCUT2D eigenvalue weighted by Gasteiger charge is -2.13. The van der Waals surface area contributed by atoms with Crippen LogP contribution in [0.3, 0.4) is 0 Å². The predicted octanol–water partition coefficient (Wildman–Crippen LogP) is 3.14. The maximum absolute atomic E-state index is 12.7. The van der Waals surface area contributed by atoms with Gasteiger partial charge in [0, 0.05) is 12.7 Å². The summed E-state index contributed by atoms with van der Waals surface area (Å²) in [6.07, 6.45) is 1.46. The van der Waals surface area contributed by atoms with Crippen molar-refractivity contribution in [2.24, 2.45) is 0 Å². The number of thiocarbonyl (C=S) groups is 1. The highest BCUT2D eigenvalue weighted by molar-refractivity contribution is 8.26. The van der Waals surface area contributed by atoms with Crippen LogP contribution in [0.5, 0.6) is 11.5 Å². The normalized spacial score (nSPS) is 16.4. The second-order valence-corrected chi connectivity index (χ2v) is 6.26. The van der Waals surface area contributed by atoms with Crippen molar-refractivity contribution >= 4 is 40.3 Å². The number of ether oxygens (including phenoxy) is 3. The summed E-state index contributed by atoms with van der Waals surface area (Å²) in [7, 11) is 2.87. The standard InChI is InChI=1S/C15H15F2NO4S2/c1-20-7-6-18-13(19)11(24-15(18)23)8-9-4-3-5-10(21-2)12(9)22-14(16)17/h3-5,8,14H,6-7H2,1-2H3. The lowest BCUT2D eigenvalue weighted by molar-refractivity contribution is -0.122. The van der Waals surface area contributed by atoms with E-state index in [1.807, 2.05) is 0 Å². The van der Waals surface area contributed by atoms with Crippen LogP contribution in [0.2, 0.25) is 0 Å². The van der Waals surface area contributed by atoms with Gasteiger partial charge >= 0.3 is 6.61 Å². The largest absolute Gasteiger partial charge is 0.493 e. The van der Waals surface area contributed by atoms with Gasteiger partial charge in [0.05, 0.1) is 25.2 Å². The third kappa shape index (κ3) is 4.22. The topological polar surface area (TPSA) is 48.0 Å². The molecule has 1 heterocycles. The molecule has 0 saturated carbocycles. The van der Waals surface area contributed by atoms with Crippen molar-refractivity contribution in [3.63, 3.8) is 0 Å². The first kappa shape index (κ1) is 18.6. The van der Waals surface area contributed by atoms with E-state index in [0.717, 1.165) is 11.8 Å². The number of hydrogen-bond acceptors (Lipinski definition) is 6. The Kier molecular flexibility index (Phi) is 6.52. The number of nitrogens with zero attached hydrogens (tertiary/aromatic N) is 1. The average molecular weight is 375 g/mol. The van der Waals surface area contributed by atoms with Crippen LogP contribution in [-0.2, 0) is 9.53 Å². The molecule has 2 rings (SSSR count). The van der Waals surface area contributed by atoms with E-state index in [9.17, 15) is 13.6 Å². The minimum Gasteiger partial charge on any atom is -0.493 e. The number of carbonyl (C=O) groups is 1. The molecular formula is C15H15F2NO4S2. The zero-order valence-corrected chi connectivity index (χ0v) is 14.6. The van der Waals surface area contributed by atoms with Gasteiger partial charge in [-0.05, 0) is 12.1 Å². The lowest BCUT2D eigenvalue weighted by atomic mass is 10.1. The quantitative estimate of drug-likeness (QED) is 0.539. The van der Waals surface area contributed by atoms with Crippen LogP contribution in [0.1, 0.15) is 5.56 Å². The minimum absolute atomic E-state index is 0.128. The number of carbonyl (C=O) groups excluding carboxylic acids is 1. The number of alkyl halides is 2. The van der Waals surface area contributed by atoms with Crippen molar-refractivity contribution < 1.29 is 27.8 Å². The highest BCUT2D eigenvalue weighted by Crippen LogP contribution is 2.38. The molecule has 5 nitrogen and oxygen atoms in total. The van der Waals surface area contributed by atoms with Crippen molar-refractivity contribution in [1.82, 2.24) is 4.90 Å². The Labute approximate surface area is 147 Å². The summed E-state index contributed by atoms with van der Waals surface area (Å²) < 4.78 is 40.2. The first-order valence-corrected chi connectivity index (χ1v) is 8.06. The fraction of sp³-hybridized carbons (Fsp3) is 0.333. The van der Waals surface area contributed by atoms with Crippen molar-refractivity contribution in [2.45, 2.75) is 6.61 Å². The maximum Gasteiger partial charge on any atom is 0.387 e. The molecule has 1 amide bonds. The monoisotopic (exact) mass is 375 g/mol. The van der Waals surface area contributed by atoms with Gasteiger partial charge in [0.2, 0.25) is 0 Å². The zero-order chi connectivity index (χ0) is 17.7.